The second kappa shape index (κ2) is 4.21. The minimum absolute atomic E-state index is 0.0971. The van der Waals surface area contributed by atoms with Crippen LogP contribution in [0.1, 0.15) is 24.4 Å². The fraction of sp³-hybridized carbons (Fsp3) is 0.500. The van der Waals surface area contributed by atoms with Gasteiger partial charge in [-0.3, -0.25) is 0 Å². The van der Waals surface area contributed by atoms with Gasteiger partial charge in [-0.1, -0.05) is 12.1 Å². The van der Waals surface area contributed by atoms with Crippen LogP contribution in [0.2, 0.25) is 0 Å². The molecule has 1 unspecified atom stereocenters. The van der Waals surface area contributed by atoms with E-state index in [1.165, 1.54) is 0 Å². The molecule has 3 heteroatoms. The van der Waals surface area contributed by atoms with Crippen molar-refractivity contribution in [3.05, 3.63) is 29.8 Å². The normalized spacial score (nSPS) is 26.9. The van der Waals surface area contributed by atoms with Crippen molar-refractivity contribution in [1.82, 2.24) is 0 Å². The van der Waals surface area contributed by atoms with E-state index >= 15 is 0 Å². The number of ether oxygens (including phenoxy) is 1. The lowest BCUT2D eigenvalue weighted by molar-refractivity contribution is 0.223. The van der Waals surface area contributed by atoms with E-state index in [0.29, 0.717) is 12.0 Å². The number of hydrogen-bond donors (Lipinski definition) is 2. The van der Waals surface area contributed by atoms with E-state index in [4.69, 9.17) is 16.2 Å². The van der Waals surface area contributed by atoms with Gasteiger partial charge in [0.15, 0.2) is 0 Å². The molecule has 4 N–H and O–H groups in total. The Kier molecular flexibility index (Phi) is 2.93. The summed E-state index contributed by atoms with van der Waals surface area (Å²) in [6.45, 7) is 0. The van der Waals surface area contributed by atoms with Gasteiger partial charge < -0.3 is 16.2 Å². The fourth-order valence-electron chi connectivity index (χ4n) is 2.12. The Labute approximate surface area is 90.4 Å². The Morgan fingerprint density at radius 2 is 2.13 bits per heavy atom. The largest absolute Gasteiger partial charge is 0.497 e. The summed E-state index contributed by atoms with van der Waals surface area (Å²) >= 11 is 0. The average molecular weight is 206 g/mol. The third kappa shape index (κ3) is 2.13. The number of hydrogen-bond acceptors (Lipinski definition) is 3. The molecule has 3 nitrogen and oxygen atoms in total. The third-order valence-corrected chi connectivity index (χ3v) is 3.20. The van der Waals surface area contributed by atoms with Crippen molar-refractivity contribution in [2.45, 2.75) is 24.9 Å². The molecule has 2 rings (SSSR count). The van der Waals surface area contributed by atoms with Crippen LogP contribution in [0.3, 0.4) is 0 Å². The summed E-state index contributed by atoms with van der Waals surface area (Å²) in [5, 5.41) is 0. The van der Waals surface area contributed by atoms with Crippen molar-refractivity contribution in [2.75, 3.05) is 7.11 Å². The summed E-state index contributed by atoms with van der Waals surface area (Å²) in [7, 11) is 1.67. The molecule has 1 aliphatic carbocycles. The first-order valence-corrected chi connectivity index (χ1v) is 5.36. The summed E-state index contributed by atoms with van der Waals surface area (Å²) in [6, 6.07) is 8.42. The van der Waals surface area contributed by atoms with Crippen molar-refractivity contribution < 1.29 is 4.74 Å². The first-order chi connectivity index (χ1) is 7.20. The molecule has 1 fully saturated rings. The van der Waals surface area contributed by atoms with Crippen LogP contribution in [0.15, 0.2) is 24.3 Å². The Bertz CT molecular complexity index is 334. The molecule has 1 aromatic carbocycles. The Hall–Kier alpha value is -1.06. The van der Waals surface area contributed by atoms with Gasteiger partial charge in [-0.15, -0.1) is 0 Å². The smallest absolute Gasteiger partial charge is 0.119 e. The molecule has 0 spiro atoms. The summed E-state index contributed by atoms with van der Waals surface area (Å²) < 4.78 is 5.18. The SMILES string of the molecule is COc1cccc(C(N)C2CC(N)C2)c1. The Morgan fingerprint density at radius 3 is 2.73 bits per heavy atom. The van der Waals surface area contributed by atoms with Crippen LogP contribution in [0.5, 0.6) is 5.75 Å². The van der Waals surface area contributed by atoms with Gasteiger partial charge in [0.1, 0.15) is 5.75 Å². The van der Waals surface area contributed by atoms with Crippen molar-refractivity contribution in [2.24, 2.45) is 17.4 Å². The zero-order valence-electron chi connectivity index (χ0n) is 9.02. The first-order valence-electron chi connectivity index (χ1n) is 5.36. The molecule has 0 radical (unpaired) electrons. The van der Waals surface area contributed by atoms with Crippen LogP contribution in [0, 0.1) is 5.92 Å². The molecule has 15 heavy (non-hydrogen) atoms. The van der Waals surface area contributed by atoms with Crippen LogP contribution in [0.25, 0.3) is 0 Å². The van der Waals surface area contributed by atoms with Gasteiger partial charge in [-0.05, 0) is 36.5 Å². The predicted molar refractivity (Wildman–Crippen MR) is 60.6 cm³/mol. The van der Waals surface area contributed by atoms with Gasteiger partial charge in [0, 0.05) is 12.1 Å². The Morgan fingerprint density at radius 1 is 1.40 bits per heavy atom. The summed E-state index contributed by atoms with van der Waals surface area (Å²) in [5.41, 5.74) is 13.1. The lowest BCUT2D eigenvalue weighted by Gasteiger charge is -2.37. The van der Waals surface area contributed by atoms with E-state index in [2.05, 4.69) is 6.07 Å². The molecular formula is C12H18N2O. The van der Waals surface area contributed by atoms with E-state index in [9.17, 15) is 0 Å². The minimum Gasteiger partial charge on any atom is -0.497 e. The van der Waals surface area contributed by atoms with Gasteiger partial charge >= 0.3 is 0 Å². The van der Waals surface area contributed by atoms with Crippen LogP contribution >= 0.6 is 0 Å². The van der Waals surface area contributed by atoms with E-state index < -0.39 is 0 Å². The highest BCUT2D eigenvalue weighted by Crippen LogP contribution is 2.36. The number of methoxy groups -OCH3 is 1. The highest BCUT2D eigenvalue weighted by Gasteiger charge is 2.31. The van der Waals surface area contributed by atoms with E-state index in [1.807, 2.05) is 18.2 Å². The van der Waals surface area contributed by atoms with Gasteiger partial charge in [0.2, 0.25) is 0 Å². The molecule has 1 atom stereocenters. The molecule has 1 aliphatic rings. The zero-order chi connectivity index (χ0) is 10.8. The van der Waals surface area contributed by atoms with Crippen molar-refractivity contribution in [1.29, 1.82) is 0 Å². The maximum atomic E-state index is 6.17. The van der Waals surface area contributed by atoms with E-state index in [1.54, 1.807) is 7.11 Å². The van der Waals surface area contributed by atoms with Gasteiger partial charge in [0.05, 0.1) is 7.11 Å². The summed E-state index contributed by atoms with van der Waals surface area (Å²) in [6.07, 6.45) is 2.08. The topological polar surface area (TPSA) is 61.3 Å². The molecular weight excluding hydrogens is 188 g/mol. The van der Waals surface area contributed by atoms with Crippen molar-refractivity contribution in [3.8, 4) is 5.75 Å². The van der Waals surface area contributed by atoms with E-state index in [-0.39, 0.29) is 6.04 Å². The number of rotatable bonds is 3. The molecule has 0 aliphatic heterocycles. The second-order valence-corrected chi connectivity index (χ2v) is 4.29. The molecule has 82 valence electrons. The van der Waals surface area contributed by atoms with Crippen LogP contribution in [-0.4, -0.2) is 13.2 Å². The van der Waals surface area contributed by atoms with Gasteiger partial charge in [0.25, 0.3) is 0 Å². The zero-order valence-corrected chi connectivity index (χ0v) is 9.02. The van der Waals surface area contributed by atoms with Crippen LogP contribution in [-0.2, 0) is 0 Å². The average Bonchev–Trinajstić information content (AvgIpc) is 2.24. The fourth-order valence-corrected chi connectivity index (χ4v) is 2.12. The molecule has 1 saturated carbocycles. The lowest BCUT2D eigenvalue weighted by atomic mass is 9.74. The number of nitrogens with two attached hydrogens (primary N) is 2. The maximum Gasteiger partial charge on any atom is 0.119 e. The third-order valence-electron chi connectivity index (χ3n) is 3.20. The molecule has 0 heterocycles. The molecule has 0 aromatic heterocycles. The summed E-state index contributed by atoms with van der Waals surface area (Å²) in [4.78, 5) is 0. The number of benzene rings is 1. The van der Waals surface area contributed by atoms with Crippen molar-refractivity contribution in [3.63, 3.8) is 0 Å². The monoisotopic (exact) mass is 206 g/mol. The quantitative estimate of drug-likeness (QED) is 0.786. The predicted octanol–water partition coefficient (Wildman–Crippen LogP) is 1.43. The van der Waals surface area contributed by atoms with Crippen molar-refractivity contribution >= 4 is 0 Å². The molecule has 1 aromatic rings. The Balaban J connectivity index is 2.08. The second-order valence-electron chi connectivity index (χ2n) is 4.29. The highest BCUT2D eigenvalue weighted by atomic mass is 16.5. The maximum absolute atomic E-state index is 6.17. The molecule has 0 amide bonds. The molecule has 0 bridgehead atoms. The van der Waals surface area contributed by atoms with E-state index in [0.717, 1.165) is 24.2 Å². The molecule has 0 saturated heterocycles. The van der Waals surface area contributed by atoms with Gasteiger partial charge in [-0.2, -0.15) is 0 Å². The highest BCUT2D eigenvalue weighted by molar-refractivity contribution is 5.31. The standard InChI is InChI=1S/C12H18N2O/c1-15-11-4-2-3-8(7-11)12(14)9-5-10(13)6-9/h2-4,7,9-10,12H,5-6,13-14H2,1H3. The first kappa shape index (κ1) is 10.5. The minimum atomic E-state index is 0.0971. The summed E-state index contributed by atoms with van der Waals surface area (Å²) in [5.74, 6) is 1.40. The lowest BCUT2D eigenvalue weighted by Crippen LogP contribution is -2.41. The van der Waals surface area contributed by atoms with Crippen LogP contribution in [0.4, 0.5) is 0 Å². The van der Waals surface area contributed by atoms with Crippen LogP contribution < -0.4 is 16.2 Å². The van der Waals surface area contributed by atoms with Gasteiger partial charge in [-0.25, -0.2) is 0 Å².